The highest BCUT2D eigenvalue weighted by Gasteiger charge is 2.05. The summed E-state index contributed by atoms with van der Waals surface area (Å²) in [5, 5.41) is 0.763. The molecular weight excluding hydrogens is 214 g/mol. The smallest absolute Gasteiger partial charge is 0.0562 e. The first kappa shape index (κ1) is 11.7. The van der Waals surface area contributed by atoms with Gasteiger partial charge in [-0.3, -0.25) is 0 Å². The average Bonchev–Trinajstić information content (AvgIpc) is 2.09. The van der Waals surface area contributed by atoms with Crippen LogP contribution in [0.5, 0.6) is 0 Å². The largest absolute Gasteiger partial charge is 0.398 e. The summed E-state index contributed by atoms with van der Waals surface area (Å²) in [4.78, 5) is 1.02. The van der Waals surface area contributed by atoms with E-state index in [0.717, 1.165) is 27.3 Å². The van der Waals surface area contributed by atoms with Gasteiger partial charge in [0.05, 0.1) is 5.02 Å². The zero-order valence-corrected chi connectivity index (χ0v) is 10.2. The van der Waals surface area contributed by atoms with E-state index in [1.54, 1.807) is 11.8 Å². The molecule has 0 amide bonds. The summed E-state index contributed by atoms with van der Waals surface area (Å²) in [6.45, 7) is 4.44. The van der Waals surface area contributed by atoms with E-state index in [1.807, 2.05) is 18.2 Å². The Kier molecular flexibility index (Phi) is 4.63. The molecule has 0 saturated carbocycles. The highest BCUT2D eigenvalue weighted by atomic mass is 35.5. The predicted molar refractivity (Wildman–Crippen MR) is 66.0 cm³/mol. The van der Waals surface area contributed by atoms with Gasteiger partial charge in [-0.1, -0.05) is 31.5 Å². The van der Waals surface area contributed by atoms with Gasteiger partial charge in [0.2, 0.25) is 0 Å². The Bertz CT molecular complexity index is 279. The Morgan fingerprint density at radius 3 is 2.71 bits per heavy atom. The Morgan fingerprint density at radius 2 is 2.14 bits per heavy atom. The highest BCUT2D eigenvalue weighted by Crippen LogP contribution is 2.33. The van der Waals surface area contributed by atoms with Gasteiger partial charge >= 0.3 is 0 Å². The number of halogens is 1. The number of thioether (sulfide) groups is 1. The summed E-state index contributed by atoms with van der Waals surface area (Å²) in [6, 6.07) is 5.66. The molecule has 2 N–H and O–H groups in total. The quantitative estimate of drug-likeness (QED) is 0.623. The molecule has 0 aliphatic carbocycles. The number of nitrogens with two attached hydrogens (primary N) is 1. The maximum Gasteiger partial charge on any atom is 0.0562 e. The lowest BCUT2D eigenvalue weighted by Crippen LogP contribution is -1.93. The normalized spacial score (nSPS) is 10.9. The number of hydrogen-bond donors (Lipinski definition) is 1. The maximum atomic E-state index is 6.04. The summed E-state index contributed by atoms with van der Waals surface area (Å²) >= 11 is 7.79. The molecule has 14 heavy (non-hydrogen) atoms. The number of benzene rings is 1. The van der Waals surface area contributed by atoms with Crippen molar-refractivity contribution in [3.8, 4) is 0 Å². The average molecular weight is 230 g/mol. The topological polar surface area (TPSA) is 26.0 Å². The SMILES string of the molecule is CC(C)CCSc1c(N)cccc1Cl. The third-order valence-electron chi connectivity index (χ3n) is 1.94. The van der Waals surface area contributed by atoms with Gasteiger partial charge in [0.15, 0.2) is 0 Å². The molecule has 0 fully saturated rings. The third-order valence-corrected chi connectivity index (χ3v) is 3.55. The van der Waals surface area contributed by atoms with E-state index in [4.69, 9.17) is 17.3 Å². The molecule has 0 aromatic heterocycles. The number of nitrogen functional groups attached to an aromatic ring is 1. The summed E-state index contributed by atoms with van der Waals surface area (Å²) in [7, 11) is 0. The van der Waals surface area contributed by atoms with Crippen molar-refractivity contribution >= 4 is 29.1 Å². The second-order valence-electron chi connectivity index (χ2n) is 3.69. The van der Waals surface area contributed by atoms with Crippen LogP contribution in [0, 0.1) is 5.92 Å². The van der Waals surface area contributed by atoms with Crippen LogP contribution in [0.2, 0.25) is 5.02 Å². The van der Waals surface area contributed by atoms with Crippen molar-refractivity contribution in [2.24, 2.45) is 5.92 Å². The molecule has 0 bridgehead atoms. The molecule has 1 nitrogen and oxygen atoms in total. The summed E-state index contributed by atoms with van der Waals surface area (Å²) in [5.74, 6) is 1.80. The van der Waals surface area contributed by atoms with Crippen LogP contribution >= 0.6 is 23.4 Å². The second kappa shape index (κ2) is 5.52. The van der Waals surface area contributed by atoms with Gasteiger partial charge < -0.3 is 5.73 Å². The van der Waals surface area contributed by atoms with Crippen LogP contribution in [0.25, 0.3) is 0 Å². The van der Waals surface area contributed by atoms with Gasteiger partial charge in [0.1, 0.15) is 0 Å². The fraction of sp³-hybridized carbons (Fsp3) is 0.455. The molecule has 0 aliphatic heterocycles. The van der Waals surface area contributed by atoms with E-state index < -0.39 is 0 Å². The standard InChI is InChI=1S/C11H16ClNS/c1-8(2)6-7-14-11-9(12)4-3-5-10(11)13/h3-5,8H,6-7,13H2,1-2H3. The van der Waals surface area contributed by atoms with E-state index in [2.05, 4.69) is 13.8 Å². The molecule has 0 unspecified atom stereocenters. The van der Waals surface area contributed by atoms with Crippen LogP contribution in [0.1, 0.15) is 20.3 Å². The van der Waals surface area contributed by atoms with Gasteiger partial charge in [-0.25, -0.2) is 0 Å². The zero-order chi connectivity index (χ0) is 10.6. The van der Waals surface area contributed by atoms with Crippen molar-refractivity contribution in [2.75, 3.05) is 11.5 Å². The molecule has 1 aromatic carbocycles. The summed E-state index contributed by atoms with van der Waals surface area (Å²) in [6.07, 6.45) is 1.19. The molecule has 3 heteroatoms. The molecule has 0 atom stereocenters. The maximum absolute atomic E-state index is 6.04. The van der Waals surface area contributed by atoms with Crippen LogP contribution in [-0.4, -0.2) is 5.75 Å². The molecule has 0 aliphatic rings. The predicted octanol–water partition coefficient (Wildman–Crippen LogP) is 4.06. The van der Waals surface area contributed by atoms with Crippen molar-refractivity contribution in [3.05, 3.63) is 23.2 Å². The third kappa shape index (κ3) is 3.43. The monoisotopic (exact) mass is 229 g/mol. The molecule has 0 heterocycles. The molecule has 0 radical (unpaired) electrons. The minimum atomic E-state index is 0.728. The first-order chi connectivity index (χ1) is 6.61. The highest BCUT2D eigenvalue weighted by molar-refractivity contribution is 7.99. The van der Waals surface area contributed by atoms with E-state index in [0.29, 0.717) is 0 Å². The Labute approximate surface area is 95.0 Å². The van der Waals surface area contributed by atoms with E-state index >= 15 is 0 Å². The first-order valence-electron chi connectivity index (χ1n) is 4.78. The summed E-state index contributed by atoms with van der Waals surface area (Å²) in [5.41, 5.74) is 6.62. The van der Waals surface area contributed by atoms with Crippen molar-refractivity contribution in [3.63, 3.8) is 0 Å². The van der Waals surface area contributed by atoms with Gasteiger partial charge in [-0.2, -0.15) is 0 Å². The van der Waals surface area contributed by atoms with Crippen LogP contribution in [0.15, 0.2) is 23.1 Å². The molecule has 0 saturated heterocycles. The van der Waals surface area contributed by atoms with Gasteiger partial charge in [0, 0.05) is 10.6 Å². The lowest BCUT2D eigenvalue weighted by Gasteiger charge is -2.08. The van der Waals surface area contributed by atoms with Crippen molar-refractivity contribution in [1.29, 1.82) is 0 Å². The molecule has 78 valence electrons. The Morgan fingerprint density at radius 1 is 1.43 bits per heavy atom. The number of rotatable bonds is 4. The molecule has 1 aromatic rings. The first-order valence-corrected chi connectivity index (χ1v) is 6.14. The Hall–Kier alpha value is -0.340. The number of anilines is 1. The summed E-state index contributed by atoms with van der Waals surface area (Å²) < 4.78 is 0. The zero-order valence-electron chi connectivity index (χ0n) is 8.59. The van der Waals surface area contributed by atoms with E-state index in [-0.39, 0.29) is 0 Å². The fourth-order valence-corrected chi connectivity index (χ4v) is 2.65. The van der Waals surface area contributed by atoms with Crippen molar-refractivity contribution in [1.82, 2.24) is 0 Å². The second-order valence-corrected chi connectivity index (χ2v) is 5.20. The Balaban J connectivity index is 2.58. The van der Waals surface area contributed by atoms with Crippen LogP contribution < -0.4 is 5.73 Å². The van der Waals surface area contributed by atoms with E-state index in [1.165, 1.54) is 6.42 Å². The van der Waals surface area contributed by atoms with Crippen molar-refractivity contribution in [2.45, 2.75) is 25.2 Å². The lowest BCUT2D eigenvalue weighted by atomic mass is 10.2. The van der Waals surface area contributed by atoms with Gasteiger partial charge in [0.25, 0.3) is 0 Å². The molecular formula is C11H16ClNS. The minimum Gasteiger partial charge on any atom is -0.398 e. The molecule has 1 rings (SSSR count). The van der Waals surface area contributed by atoms with E-state index in [9.17, 15) is 0 Å². The fourth-order valence-electron chi connectivity index (χ4n) is 1.07. The minimum absolute atomic E-state index is 0.728. The van der Waals surface area contributed by atoms with Gasteiger partial charge in [-0.05, 0) is 30.2 Å². The molecule has 0 spiro atoms. The lowest BCUT2D eigenvalue weighted by molar-refractivity contribution is 0.632. The van der Waals surface area contributed by atoms with Gasteiger partial charge in [-0.15, -0.1) is 11.8 Å². The van der Waals surface area contributed by atoms with Crippen LogP contribution in [0.3, 0.4) is 0 Å². The van der Waals surface area contributed by atoms with Crippen LogP contribution in [-0.2, 0) is 0 Å². The number of hydrogen-bond acceptors (Lipinski definition) is 2. The van der Waals surface area contributed by atoms with Crippen LogP contribution in [0.4, 0.5) is 5.69 Å². The van der Waals surface area contributed by atoms with Crippen molar-refractivity contribution < 1.29 is 0 Å².